The predicted molar refractivity (Wildman–Crippen MR) is 86.9 cm³/mol. The number of sulfonamides is 1. The Labute approximate surface area is 140 Å². The van der Waals surface area contributed by atoms with Crippen LogP contribution in [0.3, 0.4) is 0 Å². The number of nitrogens with zero attached hydrogens (tertiary/aromatic N) is 2. The first-order valence-electron chi connectivity index (χ1n) is 8.02. The number of hydrogen-bond donors (Lipinski definition) is 0. The molecule has 1 fully saturated rings. The van der Waals surface area contributed by atoms with E-state index in [1.165, 1.54) is 6.07 Å². The van der Waals surface area contributed by atoms with Crippen LogP contribution in [0.1, 0.15) is 35.0 Å². The van der Waals surface area contributed by atoms with Gasteiger partial charge in [0.15, 0.2) is 0 Å². The highest BCUT2D eigenvalue weighted by Gasteiger charge is 2.43. The van der Waals surface area contributed by atoms with Gasteiger partial charge in [0.05, 0.1) is 24.4 Å². The predicted octanol–water partition coefficient (Wildman–Crippen LogP) is 2.26. The lowest BCUT2D eigenvalue weighted by molar-refractivity contribution is 0.0828. The highest BCUT2D eigenvalue weighted by molar-refractivity contribution is 7.90. The molecule has 2 aromatic rings. The van der Waals surface area contributed by atoms with E-state index in [1.54, 1.807) is 30.5 Å². The molecule has 0 radical (unpaired) electrons. The van der Waals surface area contributed by atoms with Gasteiger partial charge in [0.2, 0.25) is 0 Å². The topological polar surface area (TPSA) is 70.8 Å². The van der Waals surface area contributed by atoms with Gasteiger partial charge in [-0.1, -0.05) is 12.1 Å². The highest BCUT2D eigenvalue weighted by atomic mass is 32.2. The van der Waals surface area contributed by atoms with E-state index in [0.29, 0.717) is 5.76 Å². The van der Waals surface area contributed by atoms with Crippen molar-refractivity contribution >= 4 is 15.9 Å². The summed E-state index contributed by atoms with van der Waals surface area (Å²) in [5.74, 6) is 0.234. The third-order valence-corrected chi connectivity index (χ3v) is 6.51. The van der Waals surface area contributed by atoms with Crippen molar-refractivity contribution in [3.63, 3.8) is 0 Å². The molecule has 0 unspecified atom stereocenters. The Kier molecular flexibility index (Phi) is 3.69. The van der Waals surface area contributed by atoms with Crippen molar-refractivity contribution in [3.8, 4) is 0 Å². The molecule has 1 atom stereocenters. The molecule has 0 saturated carbocycles. The summed E-state index contributed by atoms with van der Waals surface area (Å²) < 4.78 is 32.1. The van der Waals surface area contributed by atoms with E-state index in [0.717, 1.165) is 30.2 Å². The van der Waals surface area contributed by atoms with E-state index in [2.05, 4.69) is 4.90 Å². The molecule has 0 bridgehead atoms. The first kappa shape index (κ1) is 15.4. The van der Waals surface area contributed by atoms with Crippen molar-refractivity contribution in [2.24, 2.45) is 0 Å². The Bertz CT molecular complexity index is 854. The molecule has 2 aliphatic rings. The van der Waals surface area contributed by atoms with Crippen LogP contribution in [0.4, 0.5) is 0 Å². The number of benzene rings is 1. The molecule has 4 rings (SSSR count). The summed E-state index contributed by atoms with van der Waals surface area (Å²) in [6.07, 6.45) is 3.71. The van der Waals surface area contributed by atoms with Crippen molar-refractivity contribution in [2.45, 2.75) is 23.8 Å². The molecule has 2 aliphatic heterocycles. The Morgan fingerprint density at radius 3 is 2.50 bits per heavy atom. The maximum atomic E-state index is 12.8. The van der Waals surface area contributed by atoms with Crippen molar-refractivity contribution in [2.75, 3.05) is 19.6 Å². The average Bonchev–Trinajstić information content (AvgIpc) is 3.31. The fourth-order valence-electron chi connectivity index (χ4n) is 3.49. The second-order valence-electron chi connectivity index (χ2n) is 6.11. The molecule has 24 heavy (non-hydrogen) atoms. The normalized spacial score (nSPS) is 21.2. The van der Waals surface area contributed by atoms with Crippen LogP contribution in [-0.2, 0) is 10.0 Å². The molecule has 1 aromatic carbocycles. The molecule has 1 saturated heterocycles. The van der Waals surface area contributed by atoms with Crippen molar-refractivity contribution < 1.29 is 17.6 Å². The molecule has 0 aliphatic carbocycles. The van der Waals surface area contributed by atoms with Gasteiger partial charge in [0.25, 0.3) is 15.9 Å². The van der Waals surface area contributed by atoms with Crippen LogP contribution in [0.25, 0.3) is 0 Å². The molecular formula is C17H18N2O4S. The zero-order valence-electron chi connectivity index (χ0n) is 13.1. The lowest BCUT2D eigenvalue weighted by atomic mass is 10.1. The van der Waals surface area contributed by atoms with Gasteiger partial charge in [-0.05, 0) is 50.2 Å². The fraction of sp³-hybridized carbons (Fsp3) is 0.353. The number of furan rings is 1. The summed E-state index contributed by atoms with van der Waals surface area (Å²) in [7, 11) is -3.80. The SMILES string of the molecule is O=C1c2ccccc2S(=O)(=O)N1C[C@@H](c1ccco1)N1CCCC1. The second-order valence-corrected chi connectivity index (χ2v) is 7.94. The monoisotopic (exact) mass is 346 g/mol. The van der Waals surface area contributed by atoms with Gasteiger partial charge >= 0.3 is 0 Å². The number of carbonyl (C=O) groups excluding carboxylic acids is 1. The summed E-state index contributed by atoms with van der Waals surface area (Å²) in [5.41, 5.74) is 0.247. The van der Waals surface area contributed by atoms with Gasteiger partial charge in [-0.25, -0.2) is 12.7 Å². The quantitative estimate of drug-likeness (QED) is 0.849. The van der Waals surface area contributed by atoms with E-state index in [-0.39, 0.29) is 23.0 Å². The van der Waals surface area contributed by atoms with Crippen LogP contribution < -0.4 is 0 Å². The first-order valence-corrected chi connectivity index (χ1v) is 9.46. The Hall–Kier alpha value is -2.12. The van der Waals surface area contributed by atoms with E-state index >= 15 is 0 Å². The standard InChI is InChI=1S/C17H18N2O4S/c20-17-13-6-1-2-8-16(13)24(21,22)19(17)12-14(15-7-5-11-23-15)18-9-3-4-10-18/h1-2,5-8,11,14H,3-4,9-10,12H2/t14-/m0/s1. The zero-order chi connectivity index (χ0) is 16.7. The maximum absolute atomic E-state index is 12.8. The average molecular weight is 346 g/mol. The van der Waals surface area contributed by atoms with Crippen molar-refractivity contribution in [1.29, 1.82) is 0 Å². The molecule has 0 spiro atoms. The molecule has 6 nitrogen and oxygen atoms in total. The third-order valence-electron chi connectivity index (χ3n) is 4.70. The summed E-state index contributed by atoms with van der Waals surface area (Å²) in [6, 6.07) is 9.73. The number of hydrogen-bond acceptors (Lipinski definition) is 5. The lowest BCUT2D eigenvalue weighted by Crippen LogP contribution is -2.39. The van der Waals surface area contributed by atoms with Gasteiger partial charge in [-0.15, -0.1) is 0 Å². The molecule has 7 heteroatoms. The van der Waals surface area contributed by atoms with Crippen molar-refractivity contribution in [3.05, 3.63) is 54.0 Å². The first-order chi connectivity index (χ1) is 11.6. The minimum absolute atomic E-state index is 0.0728. The highest BCUT2D eigenvalue weighted by Crippen LogP contribution is 2.34. The van der Waals surface area contributed by atoms with Gasteiger partial charge in [0, 0.05) is 0 Å². The molecule has 0 N–H and O–H groups in total. The minimum atomic E-state index is -3.80. The smallest absolute Gasteiger partial charge is 0.269 e. The van der Waals surface area contributed by atoms with Gasteiger partial charge in [0.1, 0.15) is 10.7 Å². The fourth-order valence-corrected chi connectivity index (χ4v) is 5.06. The second kappa shape index (κ2) is 5.75. The van der Waals surface area contributed by atoms with E-state index in [4.69, 9.17) is 4.42 Å². The number of carbonyl (C=O) groups is 1. The number of likely N-dealkylation sites (tertiary alicyclic amines) is 1. The summed E-state index contributed by atoms with van der Waals surface area (Å²) in [5, 5.41) is 0. The summed E-state index contributed by atoms with van der Waals surface area (Å²) >= 11 is 0. The van der Waals surface area contributed by atoms with E-state index in [9.17, 15) is 13.2 Å². The van der Waals surface area contributed by atoms with Crippen LogP contribution in [-0.4, -0.2) is 43.2 Å². The summed E-state index contributed by atoms with van der Waals surface area (Å²) in [4.78, 5) is 14.9. The maximum Gasteiger partial charge on any atom is 0.269 e. The van der Waals surface area contributed by atoms with Gasteiger partial charge in [-0.3, -0.25) is 9.69 Å². The summed E-state index contributed by atoms with van der Waals surface area (Å²) in [6.45, 7) is 1.82. The molecular weight excluding hydrogens is 328 g/mol. The van der Waals surface area contributed by atoms with E-state index in [1.807, 2.05) is 6.07 Å². The van der Waals surface area contributed by atoms with Crippen molar-refractivity contribution in [1.82, 2.24) is 9.21 Å². The van der Waals surface area contributed by atoms with E-state index < -0.39 is 15.9 Å². The Morgan fingerprint density at radius 1 is 1.08 bits per heavy atom. The molecule has 126 valence electrons. The minimum Gasteiger partial charge on any atom is -0.468 e. The van der Waals surface area contributed by atoms with Crippen LogP contribution in [0.15, 0.2) is 52.0 Å². The zero-order valence-corrected chi connectivity index (χ0v) is 13.9. The van der Waals surface area contributed by atoms with Crippen LogP contribution in [0.5, 0.6) is 0 Å². The lowest BCUT2D eigenvalue weighted by Gasteiger charge is -2.29. The molecule has 1 aromatic heterocycles. The van der Waals surface area contributed by atoms with Gasteiger partial charge < -0.3 is 4.42 Å². The Morgan fingerprint density at radius 2 is 1.83 bits per heavy atom. The number of fused-ring (bicyclic) bond motifs is 1. The van der Waals surface area contributed by atoms with Gasteiger partial charge in [-0.2, -0.15) is 0 Å². The largest absolute Gasteiger partial charge is 0.468 e. The van der Waals surface area contributed by atoms with Crippen LogP contribution in [0.2, 0.25) is 0 Å². The molecule has 3 heterocycles. The molecule has 1 amide bonds. The number of rotatable bonds is 4. The number of amides is 1. The van der Waals surface area contributed by atoms with Crippen LogP contribution >= 0.6 is 0 Å². The Balaban J connectivity index is 1.69. The van der Waals surface area contributed by atoms with Crippen LogP contribution in [0, 0.1) is 0 Å². The third kappa shape index (κ3) is 2.35.